The molecular weight excluding hydrogens is 242 g/mol. The molecule has 0 spiro atoms. The first-order valence-corrected chi connectivity index (χ1v) is 6.82. The lowest BCUT2D eigenvalue weighted by molar-refractivity contribution is -0.143. The fourth-order valence-corrected chi connectivity index (χ4v) is 2.87. The Bertz CT molecular complexity index is 490. The monoisotopic (exact) mass is 263 g/mol. The number of carboxylic acid groups (broad SMARTS) is 1. The molecule has 0 aromatic carbocycles. The average molecular weight is 263 g/mol. The third kappa shape index (κ3) is 2.29. The van der Waals surface area contributed by atoms with Crippen molar-refractivity contribution in [3.05, 3.63) is 17.6 Å². The number of hydrogen-bond donors (Lipinski definition) is 1. The fourth-order valence-electron chi connectivity index (χ4n) is 2.87. The number of nitrogens with zero attached hydrogens (tertiary/aromatic N) is 3. The van der Waals surface area contributed by atoms with E-state index in [1.807, 2.05) is 25.7 Å². The molecule has 0 amide bonds. The van der Waals surface area contributed by atoms with Crippen molar-refractivity contribution in [3.63, 3.8) is 0 Å². The van der Waals surface area contributed by atoms with E-state index in [4.69, 9.17) is 0 Å². The lowest BCUT2D eigenvalue weighted by Crippen LogP contribution is -2.51. The van der Waals surface area contributed by atoms with Crippen LogP contribution in [0.3, 0.4) is 0 Å². The number of aromatic nitrogens is 2. The zero-order chi connectivity index (χ0) is 14.0. The number of aryl methyl sites for hydroxylation is 2. The number of aliphatic carboxylic acids is 1. The molecule has 0 aliphatic carbocycles. The smallest absolute Gasteiger partial charge is 0.329 e. The molecule has 104 valence electrons. The standard InChI is InChI=1S/C14H21N3O2/c1-4-6-14(13(18)19)7-5-8-17(14)12-9-15-10(2)11(3)16-12/h9H,4-8H2,1-3H3,(H,18,19). The molecule has 2 rings (SSSR count). The largest absolute Gasteiger partial charge is 0.479 e. The summed E-state index contributed by atoms with van der Waals surface area (Å²) in [6.45, 7) is 6.58. The van der Waals surface area contributed by atoms with E-state index in [2.05, 4.69) is 9.97 Å². The van der Waals surface area contributed by atoms with Crippen LogP contribution in [0.25, 0.3) is 0 Å². The van der Waals surface area contributed by atoms with Gasteiger partial charge in [0.15, 0.2) is 0 Å². The first-order chi connectivity index (χ1) is 9.01. The van der Waals surface area contributed by atoms with Gasteiger partial charge in [-0.25, -0.2) is 9.78 Å². The van der Waals surface area contributed by atoms with Gasteiger partial charge in [-0.2, -0.15) is 0 Å². The van der Waals surface area contributed by atoms with Gasteiger partial charge in [0, 0.05) is 6.54 Å². The summed E-state index contributed by atoms with van der Waals surface area (Å²) in [5.74, 6) is -0.0525. The number of anilines is 1. The highest BCUT2D eigenvalue weighted by molar-refractivity contribution is 5.84. The van der Waals surface area contributed by atoms with Gasteiger partial charge in [-0.05, 0) is 33.1 Å². The first kappa shape index (κ1) is 13.8. The molecule has 1 aromatic rings. The van der Waals surface area contributed by atoms with Gasteiger partial charge in [-0.15, -0.1) is 0 Å². The Morgan fingerprint density at radius 3 is 2.79 bits per heavy atom. The van der Waals surface area contributed by atoms with E-state index in [9.17, 15) is 9.90 Å². The van der Waals surface area contributed by atoms with Gasteiger partial charge in [0.1, 0.15) is 11.4 Å². The van der Waals surface area contributed by atoms with Gasteiger partial charge < -0.3 is 10.0 Å². The van der Waals surface area contributed by atoms with Crippen molar-refractivity contribution in [1.29, 1.82) is 0 Å². The Morgan fingerprint density at radius 1 is 1.47 bits per heavy atom. The summed E-state index contributed by atoms with van der Waals surface area (Å²) in [5.41, 5.74) is 0.949. The average Bonchev–Trinajstić information content (AvgIpc) is 2.78. The number of hydrogen-bond acceptors (Lipinski definition) is 4. The molecule has 1 N–H and O–H groups in total. The third-order valence-corrected chi connectivity index (χ3v) is 4.01. The van der Waals surface area contributed by atoms with Crippen LogP contribution in [0.2, 0.25) is 0 Å². The third-order valence-electron chi connectivity index (χ3n) is 4.01. The summed E-state index contributed by atoms with van der Waals surface area (Å²) in [6.07, 6.45) is 4.77. The molecule has 2 heterocycles. The summed E-state index contributed by atoms with van der Waals surface area (Å²) >= 11 is 0. The molecule has 0 saturated carbocycles. The normalized spacial score (nSPS) is 22.8. The molecule has 5 heteroatoms. The molecular formula is C14H21N3O2. The van der Waals surface area contributed by atoms with Crippen LogP contribution >= 0.6 is 0 Å². The zero-order valence-corrected chi connectivity index (χ0v) is 11.8. The van der Waals surface area contributed by atoms with Gasteiger partial charge in [0.05, 0.1) is 17.6 Å². The van der Waals surface area contributed by atoms with E-state index < -0.39 is 11.5 Å². The second-order valence-electron chi connectivity index (χ2n) is 5.24. The van der Waals surface area contributed by atoms with E-state index >= 15 is 0 Å². The molecule has 0 bridgehead atoms. The van der Waals surface area contributed by atoms with Crippen molar-refractivity contribution in [3.8, 4) is 0 Å². The maximum atomic E-state index is 11.8. The quantitative estimate of drug-likeness (QED) is 0.903. The van der Waals surface area contributed by atoms with Crippen molar-refractivity contribution in [1.82, 2.24) is 9.97 Å². The molecule has 5 nitrogen and oxygen atoms in total. The van der Waals surface area contributed by atoms with Gasteiger partial charge in [0.25, 0.3) is 0 Å². The predicted octanol–water partition coefficient (Wildman–Crippen LogP) is 2.32. The van der Waals surface area contributed by atoms with Crippen LogP contribution in [0.1, 0.15) is 44.0 Å². The van der Waals surface area contributed by atoms with Crippen molar-refractivity contribution in [2.75, 3.05) is 11.4 Å². The van der Waals surface area contributed by atoms with Crippen molar-refractivity contribution in [2.24, 2.45) is 0 Å². The molecule has 1 unspecified atom stereocenters. The van der Waals surface area contributed by atoms with Crippen LogP contribution in [0.4, 0.5) is 5.82 Å². The summed E-state index contributed by atoms with van der Waals surface area (Å²) < 4.78 is 0. The summed E-state index contributed by atoms with van der Waals surface area (Å²) in [7, 11) is 0. The van der Waals surface area contributed by atoms with Crippen LogP contribution in [-0.4, -0.2) is 33.1 Å². The number of carboxylic acids is 1. The minimum absolute atomic E-state index is 0.650. The van der Waals surface area contributed by atoms with Crippen LogP contribution < -0.4 is 4.90 Å². The van der Waals surface area contributed by atoms with E-state index in [-0.39, 0.29) is 0 Å². The van der Waals surface area contributed by atoms with Gasteiger partial charge >= 0.3 is 5.97 Å². The van der Waals surface area contributed by atoms with Crippen molar-refractivity contribution >= 4 is 11.8 Å². The second-order valence-corrected chi connectivity index (χ2v) is 5.24. The Labute approximate surface area is 113 Å². The molecule has 1 atom stereocenters. The highest BCUT2D eigenvalue weighted by Crippen LogP contribution is 2.37. The fraction of sp³-hybridized carbons (Fsp3) is 0.643. The molecule has 1 aromatic heterocycles. The molecule has 1 aliphatic heterocycles. The maximum Gasteiger partial charge on any atom is 0.329 e. The highest BCUT2D eigenvalue weighted by Gasteiger charge is 2.47. The Morgan fingerprint density at radius 2 is 2.21 bits per heavy atom. The lowest BCUT2D eigenvalue weighted by Gasteiger charge is -2.35. The van der Waals surface area contributed by atoms with Crippen LogP contribution in [-0.2, 0) is 4.79 Å². The van der Waals surface area contributed by atoms with Gasteiger partial charge in [0.2, 0.25) is 0 Å². The Balaban J connectivity index is 2.41. The number of carbonyl (C=O) groups is 1. The minimum Gasteiger partial charge on any atom is -0.479 e. The number of rotatable bonds is 4. The minimum atomic E-state index is -0.800. The second kappa shape index (κ2) is 5.15. The van der Waals surface area contributed by atoms with E-state index in [0.29, 0.717) is 18.7 Å². The first-order valence-electron chi connectivity index (χ1n) is 6.82. The summed E-state index contributed by atoms with van der Waals surface area (Å²) in [5, 5.41) is 9.66. The summed E-state index contributed by atoms with van der Waals surface area (Å²) in [4.78, 5) is 22.5. The molecule has 1 aliphatic rings. The van der Waals surface area contributed by atoms with Crippen LogP contribution in [0.5, 0.6) is 0 Å². The molecule has 1 fully saturated rings. The van der Waals surface area contributed by atoms with Crippen molar-refractivity contribution in [2.45, 2.75) is 52.0 Å². The van der Waals surface area contributed by atoms with Crippen molar-refractivity contribution < 1.29 is 9.90 Å². The van der Waals surface area contributed by atoms with Crippen LogP contribution in [0, 0.1) is 13.8 Å². The van der Waals surface area contributed by atoms with E-state index in [1.165, 1.54) is 0 Å². The lowest BCUT2D eigenvalue weighted by atomic mass is 9.90. The van der Waals surface area contributed by atoms with Gasteiger partial charge in [-0.3, -0.25) is 4.98 Å². The molecule has 1 saturated heterocycles. The Hall–Kier alpha value is -1.65. The maximum absolute atomic E-state index is 11.8. The Kier molecular flexibility index (Phi) is 3.73. The van der Waals surface area contributed by atoms with E-state index in [0.717, 1.165) is 30.8 Å². The van der Waals surface area contributed by atoms with Gasteiger partial charge in [-0.1, -0.05) is 13.3 Å². The molecule has 0 radical (unpaired) electrons. The molecule has 19 heavy (non-hydrogen) atoms. The highest BCUT2D eigenvalue weighted by atomic mass is 16.4. The van der Waals surface area contributed by atoms with E-state index in [1.54, 1.807) is 6.20 Å². The predicted molar refractivity (Wildman–Crippen MR) is 73.4 cm³/mol. The summed E-state index contributed by atoms with van der Waals surface area (Å²) in [6, 6.07) is 0. The topological polar surface area (TPSA) is 66.3 Å². The zero-order valence-electron chi connectivity index (χ0n) is 11.8. The SMILES string of the molecule is CCCC1(C(=O)O)CCCN1c1cnc(C)c(C)n1. The van der Waals surface area contributed by atoms with Crippen LogP contribution in [0.15, 0.2) is 6.20 Å².